The summed E-state index contributed by atoms with van der Waals surface area (Å²) in [7, 11) is 0. The van der Waals surface area contributed by atoms with Crippen LogP contribution in [0.3, 0.4) is 0 Å². The van der Waals surface area contributed by atoms with Crippen molar-refractivity contribution in [3.8, 4) is 6.07 Å². The molecule has 0 saturated heterocycles. The van der Waals surface area contributed by atoms with Crippen LogP contribution >= 0.6 is 23.4 Å². The minimum absolute atomic E-state index is 0.602. The molecule has 0 fully saturated rings. The zero-order valence-electron chi connectivity index (χ0n) is 9.14. The van der Waals surface area contributed by atoms with E-state index in [9.17, 15) is 0 Å². The second-order valence-corrected chi connectivity index (χ2v) is 4.86. The molecule has 4 heteroatoms. The number of nitriles is 1. The molecule has 0 amide bonds. The summed E-state index contributed by atoms with van der Waals surface area (Å²) in [5, 5.41) is 10.4. The first kappa shape index (κ1) is 12.0. The van der Waals surface area contributed by atoms with Gasteiger partial charge >= 0.3 is 0 Å². The van der Waals surface area contributed by atoms with Gasteiger partial charge in [-0.25, -0.2) is 4.98 Å². The summed E-state index contributed by atoms with van der Waals surface area (Å²) >= 11 is 7.48. The number of hydrogen-bond donors (Lipinski definition) is 0. The largest absolute Gasteiger partial charge is 0.248 e. The minimum atomic E-state index is 0.602. The summed E-state index contributed by atoms with van der Waals surface area (Å²) in [4.78, 5) is 5.12. The molecule has 2 rings (SSSR count). The van der Waals surface area contributed by atoms with Gasteiger partial charge in [0.2, 0.25) is 0 Å². The molecule has 0 saturated carbocycles. The van der Waals surface area contributed by atoms with Gasteiger partial charge in [-0.05, 0) is 30.7 Å². The Morgan fingerprint density at radius 1 is 1.29 bits per heavy atom. The Balaban J connectivity index is 2.44. The third kappa shape index (κ3) is 2.60. The van der Waals surface area contributed by atoms with E-state index in [0.717, 1.165) is 15.5 Å². The molecular weight excluding hydrogens is 252 g/mol. The van der Waals surface area contributed by atoms with Crippen LogP contribution in [0, 0.1) is 18.3 Å². The van der Waals surface area contributed by atoms with E-state index >= 15 is 0 Å². The number of aromatic nitrogens is 1. The molecule has 84 valence electrons. The number of nitrogens with zero attached hydrogens (tertiary/aromatic N) is 2. The average Bonchev–Trinajstić information content (AvgIpc) is 2.34. The van der Waals surface area contributed by atoms with Gasteiger partial charge in [-0.15, -0.1) is 0 Å². The molecule has 0 spiro atoms. The van der Waals surface area contributed by atoms with Crippen molar-refractivity contribution in [2.75, 3.05) is 0 Å². The Labute approximate surface area is 109 Å². The summed E-state index contributed by atoms with van der Waals surface area (Å²) < 4.78 is 0. The van der Waals surface area contributed by atoms with E-state index in [2.05, 4.69) is 11.1 Å². The molecule has 0 aliphatic carbocycles. The number of hydrogen-bond acceptors (Lipinski definition) is 3. The lowest BCUT2D eigenvalue weighted by atomic mass is 10.1. The Kier molecular flexibility index (Phi) is 3.68. The van der Waals surface area contributed by atoms with E-state index in [1.54, 1.807) is 24.4 Å². The highest BCUT2D eigenvalue weighted by Gasteiger charge is 2.10. The first-order valence-corrected chi connectivity index (χ1v) is 6.20. The average molecular weight is 261 g/mol. The molecule has 2 nitrogen and oxygen atoms in total. The van der Waals surface area contributed by atoms with E-state index in [4.69, 9.17) is 16.9 Å². The minimum Gasteiger partial charge on any atom is -0.248 e. The summed E-state index contributed by atoms with van der Waals surface area (Å²) in [6, 6.07) is 11.4. The van der Waals surface area contributed by atoms with Gasteiger partial charge in [0.25, 0.3) is 0 Å². The maximum Gasteiger partial charge on any atom is 0.119 e. The number of rotatable bonds is 2. The Morgan fingerprint density at radius 3 is 2.82 bits per heavy atom. The first-order chi connectivity index (χ1) is 8.22. The van der Waals surface area contributed by atoms with Crippen molar-refractivity contribution < 1.29 is 0 Å². The maximum absolute atomic E-state index is 9.07. The predicted octanol–water partition coefficient (Wildman–Crippen LogP) is 4.07. The topological polar surface area (TPSA) is 36.7 Å². The summed E-state index contributed by atoms with van der Waals surface area (Å²) in [6.45, 7) is 1.97. The van der Waals surface area contributed by atoms with Crippen LogP contribution in [0.5, 0.6) is 0 Å². The normalized spacial score (nSPS) is 9.94. The van der Waals surface area contributed by atoms with Gasteiger partial charge in [-0.1, -0.05) is 35.5 Å². The van der Waals surface area contributed by atoms with Crippen molar-refractivity contribution in [1.82, 2.24) is 4.98 Å². The summed E-state index contributed by atoms with van der Waals surface area (Å²) in [5.41, 5.74) is 1.70. The van der Waals surface area contributed by atoms with Gasteiger partial charge in [0.1, 0.15) is 11.1 Å². The molecular formula is C13H9ClN2S. The lowest BCUT2D eigenvalue weighted by Crippen LogP contribution is -1.87. The third-order valence-electron chi connectivity index (χ3n) is 2.26. The van der Waals surface area contributed by atoms with Gasteiger partial charge in [-0.3, -0.25) is 0 Å². The molecule has 1 aromatic carbocycles. The Hall–Kier alpha value is -1.50. The number of halogens is 1. The SMILES string of the molecule is Cc1cccc(C#N)c1Sc1ncccc1Cl. The molecule has 1 aromatic heterocycles. The van der Waals surface area contributed by atoms with E-state index < -0.39 is 0 Å². The molecule has 17 heavy (non-hydrogen) atoms. The summed E-state index contributed by atoms with van der Waals surface area (Å²) in [5.74, 6) is 0. The Bertz CT molecular complexity index is 590. The molecule has 0 aliphatic rings. The predicted molar refractivity (Wildman–Crippen MR) is 69.3 cm³/mol. The first-order valence-electron chi connectivity index (χ1n) is 5.00. The van der Waals surface area contributed by atoms with Crippen LogP contribution < -0.4 is 0 Å². The van der Waals surface area contributed by atoms with Gasteiger partial charge in [0.05, 0.1) is 10.6 Å². The van der Waals surface area contributed by atoms with Crippen LogP contribution in [0.1, 0.15) is 11.1 Å². The molecule has 0 N–H and O–H groups in total. The highest BCUT2D eigenvalue weighted by atomic mass is 35.5. The molecule has 0 bridgehead atoms. The van der Waals surface area contributed by atoms with Crippen molar-refractivity contribution in [2.45, 2.75) is 16.8 Å². The number of pyridine rings is 1. The Morgan fingerprint density at radius 2 is 2.12 bits per heavy atom. The fourth-order valence-corrected chi connectivity index (χ4v) is 2.58. The van der Waals surface area contributed by atoms with Crippen LogP contribution in [0.4, 0.5) is 0 Å². The lowest BCUT2D eigenvalue weighted by Gasteiger charge is -2.07. The molecule has 0 unspecified atom stereocenters. The second-order valence-electron chi connectivity index (χ2n) is 3.46. The molecule has 2 aromatic rings. The van der Waals surface area contributed by atoms with Gasteiger partial charge in [0, 0.05) is 11.1 Å². The highest BCUT2D eigenvalue weighted by Crippen LogP contribution is 2.35. The second kappa shape index (κ2) is 5.22. The fourth-order valence-electron chi connectivity index (χ4n) is 1.42. The van der Waals surface area contributed by atoms with Crippen molar-refractivity contribution in [2.24, 2.45) is 0 Å². The quantitative estimate of drug-likeness (QED) is 0.817. The highest BCUT2D eigenvalue weighted by molar-refractivity contribution is 7.99. The van der Waals surface area contributed by atoms with Crippen LogP contribution in [-0.2, 0) is 0 Å². The smallest absolute Gasteiger partial charge is 0.119 e. The lowest BCUT2D eigenvalue weighted by molar-refractivity contribution is 1.13. The third-order valence-corrected chi connectivity index (χ3v) is 3.94. The standard InChI is InChI=1S/C13H9ClN2S/c1-9-4-2-5-10(8-15)12(9)17-13-11(14)6-3-7-16-13/h2-7H,1H3. The monoisotopic (exact) mass is 260 g/mol. The van der Waals surface area contributed by atoms with Gasteiger partial charge in [-0.2, -0.15) is 5.26 Å². The van der Waals surface area contributed by atoms with Crippen molar-refractivity contribution in [1.29, 1.82) is 5.26 Å². The number of benzene rings is 1. The zero-order valence-corrected chi connectivity index (χ0v) is 10.7. The van der Waals surface area contributed by atoms with E-state index in [1.165, 1.54) is 11.8 Å². The fraction of sp³-hybridized carbons (Fsp3) is 0.0769. The molecule has 0 aliphatic heterocycles. The molecule has 0 radical (unpaired) electrons. The van der Waals surface area contributed by atoms with Crippen LogP contribution in [0.25, 0.3) is 0 Å². The number of aryl methyl sites for hydroxylation is 1. The van der Waals surface area contributed by atoms with Crippen molar-refractivity contribution in [3.63, 3.8) is 0 Å². The van der Waals surface area contributed by atoms with Crippen LogP contribution in [0.15, 0.2) is 46.5 Å². The van der Waals surface area contributed by atoms with Crippen LogP contribution in [-0.4, -0.2) is 4.98 Å². The van der Waals surface area contributed by atoms with Crippen molar-refractivity contribution >= 4 is 23.4 Å². The summed E-state index contributed by atoms with van der Waals surface area (Å²) in [6.07, 6.45) is 1.69. The maximum atomic E-state index is 9.07. The van der Waals surface area contributed by atoms with E-state index in [1.807, 2.05) is 19.1 Å². The molecule has 1 heterocycles. The van der Waals surface area contributed by atoms with Gasteiger partial charge in [0.15, 0.2) is 0 Å². The molecule has 0 atom stereocenters. The van der Waals surface area contributed by atoms with Gasteiger partial charge < -0.3 is 0 Å². The van der Waals surface area contributed by atoms with E-state index in [0.29, 0.717) is 10.6 Å². The van der Waals surface area contributed by atoms with Crippen LogP contribution in [0.2, 0.25) is 5.02 Å². The zero-order chi connectivity index (χ0) is 12.3. The van der Waals surface area contributed by atoms with E-state index in [-0.39, 0.29) is 0 Å². The van der Waals surface area contributed by atoms with Crippen molar-refractivity contribution in [3.05, 3.63) is 52.7 Å².